The molecule has 1 fully saturated rings. The molecule has 0 aromatic carbocycles. The minimum atomic E-state index is -0.702. The molecule has 1 heterocycles. The molecule has 0 spiro atoms. The molecule has 0 bridgehead atoms. The Morgan fingerprint density at radius 1 is 1.50 bits per heavy atom. The molecule has 70 valence electrons. The van der Waals surface area contributed by atoms with E-state index in [4.69, 9.17) is 4.74 Å². The number of aliphatic hydroxyl groups is 1. The van der Waals surface area contributed by atoms with E-state index in [-0.39, 0.29) is 6.10 Å². The maximum atomic E-state index is 9.65. The molecule has 2 unspecified atom stereocenters. The second-order valence-corrected chi connectivity index (χ2v) is 4.05. The summed E-state index contributed by atoms with van der Waals surface area (Å²) >= 11 is 0. The van der Waals surface area contributed by atoms with Gasteiger partial charge in [-0.05, 0) is 26.7 Å². The van der Waals surface area contributed by atoms with Crippen molar-refractivity contribution in [3.8, 4) is 0 Å². The van der Waals surface area contributed by atoms with Gasteiger partial charge in [-0.2, -0.15) is 0 Å². The van der Waals surface area contributed by atoms with Crippen LogP contribution >= 0.6 is 0 Å². The first kappa shape index (κ1) is 9.75. The van der Waals surface area contributed by atoms with E-state index in [9.17, 15) is 5.11 Å². The highest BCUT2D eigenvalue weighted by atomic mass is 16.5. The van der Waals surface area contributed by atoms with Crippen LogP contribution in [0, 0.1) is 5.92 Å². The van der Waals surface area contributed by atoms with Gasteiger partial charge in [0.1, 0.15) is 0 Å². The van der Waals surface area contributed by atoms with Gasteiger partial charge in [-0.3, -0.25) is 0 Å². The van der Waals surface area contributed by atoms with Crippen LogP contribution in [0.2, 0.25) is 0 Å². The summed E-state index contributed by atoms with van der Waals surface area (Å²) in [6.07, 6.45) is 3.94. The summed E-state index contributed by atoms with van der Waals surface area (Å²) in [5.41, 5.74) is -0.702. The highest BCUT2D eigenvalue weighted by Crippen LogP contribution is 2.26. The fourth-order valence-corrected chi connectivity index (χ4v) is 1.51. The standard InChI is InChI=1S/C10H18O2/c1-4-8-5-6-9(12-7-8)10(2,3)11/h4,8-9,11H,1,5-7H2,2-3H3. The average molecular weight is 170 g/mol. The zero-order chi connectivity index (χ0) is 9.19. The van der Waals surface area contributed by atoms with Gasteiger partial charge in [0.25, 0.3) is 0 Å². The molecule has 0 aliphatic carbocycles. The predicted molar refractivity (Wildman–Crippen MR) is 49.0 cm³/mol. The zero-order valence-corrected chi connectivity index (χ0v) is 7.92. The highest BCUT2D eigenvalue weighted by Gasteiger charge is 2.31. The summed E-state index contributed by atoms with van der Waals surface area (Å²) in [6.45, 7) is 8.03. The van der Waals surface area contributed by atoms with E-state index >= 15 is 0 Å². The molecular weight excluding hydrogens is 152 g/mol. The quantitative estimate of drug-likeness (QED) is 0.640. The van der Waals surface area contributed by atoms with Crippen LogP contribution in [0.15, 0.2) is 12.7 Å². The van der Waals surface area contributed by atoms with Crippen molar-refractivity contribution in [3.05, 3.63) is 12.7 Å². The molecule has 2 atom stereocenters. The molecule has 0 aromatic heterocycles. The van der Waals surface area contributed by atoms with Crippen LogP contribution in [-0.4, -0.2) is 23.4 Å². The third-order valence-corrected chi connectivity index (χ3v) is 2.43. The molecule has 0 saturated carbocycles. The summed E-state index contributed by atoms with van der Waals surface area (Å²) in [6, 6.07) is 0. The Kier molecular flexibility index (Phi) is 2.91. The van der Waals surface area contributed by atoms with Crippen molar-refractivity contribution in [2.45, 2.75) is 38.4 Å². The summed E-state index contributed by atoms with van der Waals surface area (Å²) in [5, 5.41) is 9.65. The van der Waals surface area contributed by atoms with Crippen molar-refractivity contribution in [1.82, 2.24) is 0 Å². The first-order chi connectivity index (χ1) is 5.54. The molecule has 2 heteroatoms. The Bertz CT molecular complexity index is 150. The highest BCUT2D eigenvalue weighted by molar-refractivity contribution is 4.87. The summed E-state index contributed by atoms with van der Waals surface area (Å²) in [4.78, 5) is 0. The van der Waals surface area contributed by atoms with Gasteiger partial charge in [-0.25, -0.2) is 0 Å². The molecule has 1 aliphatic rings. The molecule has 1 saturated heterocycles. The first-order valence-corrected chi connectivity index (χ1v) is 4.50. The smallest absolute Gasteiger partial charge is 0.0857 e. The van der Waals surface area contributed by atoms with E-state index in [0.29, 0.717) is 12.5 Å². The fraction of sp³-hybridized carbons (Fsp3) is 0.800. The van der Waals surface area contributed by atoms with E-state index in [1.165, 1.54) is 0 Å². The molecule has 1 rings (SSSR count). The van der Waals surface area contributed by atoms with E-state index in [2.05, 4.69) is 6.58 Å². The lowest BCUT2D eigenvalue weighted by Crippen LogP contribution is -2.41. The topological polar surface area (TPSA) is 29.5 Å². The molecule has 0 amide bonds. The van der Waals surface area contributed by atoms with Crippen LogP contribution in [0.4, 0.5) is 0 Å². The molecule has 0 aromatic rings. The second kappa shape index (κ2) is 3.58. The van der Waals surface area contributed by atoms with Crippen molar-refractivity contribution in [3.63, 3.8) is 0 Å². The summed E-state index contributed by atoms with van der Waals surface area (Å²) in [7, 11) is 0. The minimum absolute atomic E-state index is 0.00583. The lowest BCUT2D eigenvalue weighted by atomic mass is 9.90. The average Bonchev–Trinajstić information content (AvgIpc) is 2.03. The van der Waals surface area contributed by atoms with Gasteiger partial charge in [0.05, 0.1) is 18.3 Å². The monoisotopic (exact) mass is 170 g/mol. The van der Waals surface area contributed by atoms with E-state index in [1.807, 2.05) is 6.08 Å². The second-order valence-electron chi connectivity index (χ2n) is 4.05. The minimum Gasteiger partial charge on any atom is -0.388 e. The third kappa shape index (κ3) is 2.32. The molecular formula is C10H18O2. The summed E-state index contributed by atoms with van der Waals surface area (Å²) < 4.78 is 5.52. The molecule has 1 aliphatic heterocycles. The van der Waals surface area contributed by atoms with E-state index < -0.39 is 5.60 Å². The largest absolute Gasteiger partial charge is 0.388 e. The Balaban J connectivity index is 2.41. The Morgan fingerprint density at radius 3 is 2.50 bits per heavy atom. The Labute approximate surface area is 74.2 Å². The van der Waals surface area contributed by atoms with Gasteiger partial charge in [-0.15, -0.1) is 6.58 Å². The normalized spacial score (nSPS) is 31.6. The van der Waals surface area contributed by atoms with Gasteiger partial charge in [0.15, 0.2) is 0 Å². The third-order valence-electron chi connectivity index (χ3n) is 2.43. The van der Waals surface area contributed by atoms with E-state index in [1.54, 1.807) is 13.8 Å². The van der Waals surface area contributed by atoms with Crippen molar-refractivity contribution >= 4 is 0 Å². The van der Waals surface area contributed by atoms with E-state index in [0.717, 1.165) is 12.8 Å². The van der Waals surface area contributed by atoms with Crippen LogP contribution in [-0.2, 0) is 4.74 Å². The van der Waals surface area contributed by atoms with Crippen molar-refractivity contribution in [2.75, 3.05) is 6.61 Å². The maximum Gasteiger partial charge on any atom is 0.0857 e. The zero-order valence-electron chi connectivity index (χ0n) is 7.92. The SMILES string of the molecule is C=CC1CCC(C(C)(C)O)OC1. The van der Waals surface area contributed by atoms with Crippen molar-refractivity contribution < 1.29 is 9.84 Å². The first-order valence-electron chi connectivity index (χ1n) is 4.50. The predicted octanol–water partition coefficient (Wildman–Crippen LogP) is 1.74. The van der Waals surface area contributed by atoms with Gasteiger partial charge < -0.3 is 9.84 Å². The van der Waals surface area contributed by atoms with Gasteiger partial charge >= 0.3 is 0 Å². The summed E-state index contributed by atoms with van der Waals surface area (Å²) in [5.74, 6) is 0.476. The van der Waals surface area contributed by atoms with Crippen LogP contribution in [0.5, 0.6) is 0 Å². The fourth-order valence-electron chi connectivity index (χ4n) is 1.51. The van der Waals surface area contributed by atoms with Gasteiger partial charge in [0, 0.05) is 5.92 Å². The van der Waals surface area contributed by atoms with Crippen LogP contribution in [0.1, 0.15) is 26.7 Å². The van der Waals surface area contributed by atoms with Crippen LogP contribution < -0.4 is 0 Å². The lowest BCUT2D eigenvalue weighted by Gasteiger charge is -2.34. The van der Waals surface area contributed by atoms with Crippen molar-refractivity contribution in [2.24, 2.45) is 5.92 Å². The van der Waals surface area contributed by atoms with Crippen molar-refractivity contribution in [1.29, 1.82) is 0 Å². The molecule has 2 nitrogen and oxygen atoms in total. The number of rotatable bonds is 2. The number of hydrogen-bond donors (Lipinski definition) is 1. The molecule has 0 radical (unpaired) electrons. The van der Waals surface area contributed by atoms with Crippen LogP contribution in [0.25, 0.3) is 0 Å². The van der Waals surface area contributed by atoms with Gasteiger partial charge in [-0.1, -0.05) is 6.08 Å². The lowest BCUT2D eigenvalue weighted by molar-refractivity contribution is -0.116. The van der Waals surface area contributed by atoms with Gasteiger partial charge in [0.2, 0.25) is 0 Å². The Hall–Kier alpha value is -0.340. The number of ether oxygens (including phenoxy) is 1. The molecule has 1 N–H and O–H groups in total. The van der Waals surface area contributed by atoms with Crippen LogP contribution in [0.3, 0.4) is 0 Å². The maximum absolute atomic E-state index is 9.65. The Morgan fingerprint density at radius 2 is 2.17 bits per heavy atom. The number of hydrogen-bond acceptors (Lipinski definition) is 2. The molecule has 12 heavy (non-hydrogen) atoms.